The van der Waals surface area contributed by atoms with Gasteiger partial charge < -0.3 is 10.5 Å². The summed E-state index contributed by atoms with van der Waals surface area (Å²) in [6.45, 7) is 6.85. The van der Waals surface area contributed by atoms with E-state index in [0.717, 1.165) is 18.1 Å². The highest BCUT2D eigenvalue weighted by molar-refractivity contribution is 6.33. The molecule has 1 saturated carbocycles. The first-order valence-electron chi connectivity index (χ1n) is 7.19. The number of benzene rings is 1. The number of anilines is 1. The molecule has 1 aliphatic carbocycles. The van der Waals surface area contributed by atoms with Crippen molar-refractivity contribution in [1.82, 2.24) is 0 Å². The lowest BCUT2D eigenvalue weighted by Crippen LogP contribution is -2.36. The number of hydrogen-bond donors (Lipinski definition) is 1. The molecule has 2 nitrogen and oxygen atoms in total. The second-order valence-electron chi connectivity index (χ2n) is 6.13. The Bertz CT molecular complexity index is 433. The molecule has 2 N–H and O–H groups in total. The van der Waals surface area contributed by atoms with E-state index in [1.54, 1.807) is 6.07 Å². The third kappa shape index (κ3) is 3.36. The van der Waals surface area contributed by atoms with E-state index >= 15 is 0 Å². The summed E-state index contributed by atoms with van der Waals surface area (Å²) in [6, 6.07) is 5.61. The highest BCUT2D eigenvalue weighted by Crippen LogP contribution is 2.38. The van der Waals surface area contributed by atoms with Crippen LogP contribution < -0.4 is 10.5 Å². The Morgan fingerprint density at radius 1 is 1.32 bits per heavy atom. The van der Waals surface area contributed by atoms with Gasteiger partial charge in [-0.25, -0.2) is 0 Å². The zero-order chi connectivity index (χ0) is 14.0. The van der Waals surface area contributed by atoms with Gasteiger partial charge in [0.2, 0.25) is 0 Å². The summed E-state index contributed by atoms with van der Waals surface area (Å²) in [5, 5.41) is 0.572. The van der Waals surface area contributed by atoms with Gasteiger partial charge in [-0.1, -0.05) is 44.9 Å². The molecule has 0 saturated heterocycles. The van der Waals surface area contributed by atoms with Gasteiger partial charge in [0, 0.05) is 0 Å². The van der Waals surface area contributed by atoms with Gasteiger partial charge in [0.05, 0.1) is 10.7 Å². The first-order chi connectivity index (χ1) is 8.99. The molecule has 106 valence electrons. The average Bonchev–Trinajstić information content (AvgIpc) is 2.35. The molecule has 0 aromatic heterocycles. The minimum atomic E-state index is 0.254. The van der Waals surface area contributed by atoms with Crippen molar-refractivity contribution < 1.29 is 4.74 Å². The average molecular weight is 282 g/mol. The molecule has 0 amide bonds. The topological polar surface area (TPSA) is 35.2 Å². The Morgan fingerprint density at radius 2 is 2.05 bits per heavy atom. The second-order valence-corrected chi connectivity index (χ2v) is 6.54. The number of nitrogens with two attached hydrogens (primary N) is 1. The number of halogens is 1. The normalized spacial score (nSPS) is 27.5. The lowest BCUT2D eigenvalue weighted by atomic mass is 9.75. The number of nitrogen functional groups attached to an aromatic ring is 1. The van der Waals surface area contributed by atoms with E-state index in [1.807, 2.05) is 12.1 Å². The van der Waals surface area contributed by atoms with Crippen molar-refractivity contribution in [2.24, 2.45) is 17.8 Å². The summed E-state index contributed by atoms with van der Waals surface area (Å²) in [7, 11) is 0. The quantitative estimate of drug-likeness (QED) is 0.811. The Labute approximate surface area is 121 Å². The van der Waals surface area contributed by atoms with Crippen molar-refractivity contribution in [2.75, 3.05) is 5.73 Å². The Balaban J connectivity index is 2.16. The fourth-order valence-corrected chi connectivity index (χ4v) is 3.20. The van der Waals surface area contributed by atoms with E-state index in [-0.39, 0.29) is 6.10 Å². The second kappa shape index (κ2) is 6.04. The first kappa shape index (κ1) is 14.5. The summed E-state index contributed by atoms with van der Waals surface area (Å²) in [4.78, 5) is 0. The van der Waals surface area contributed by atoms with Crippen LogP contribution in [0.25, 0.3) is 0 Å². The Hall–Kier alpha value is -0.890. The molecule has 1 aliphatic rings. The van der Waals surface area contributed by atoms with Crippen LogP contribution in [0.5, 0.6) is 5.75 Å². The van der Waals surface area contributed by atoms with E-state index in [2.05, 4.69) is 20.8 Å². The maximum atomic E-state index is 6.20. The molecule has 3 atom stereocenters. The van der Waals surface area contributed by atoms with E-state index in [1.165, 1.54) is 12.8 Å². The van der Waals surface area contributed by atoms with Gasteiger partial charge in [-0.15, -0.1) is 0 Å². The molecule has 0 radical (unpaired) electrons. The van der Waals surface area contributed by atoms with Crippen LogP contribution in [0, 0.1) is 17.8 Å². The third-order valence-electron chi connectivity index (χ3n) is 4.25. The van der Waals surface area contributed by atoms with E-state index in [9.17, 15) is 0 Å². The van der Waals surface area contributed by atoms with E-state index in [4.69, 9.17) is 22.1 Å². The molecular formula is C16H24ClNO. The lowest BCUT2D eigenvalue weighted by molar-refractivity contribution is 0.0466. The number of para-hydroxylation sites is 1. The minimum absolute atomic E-state index is 0.254. The van der Waals surface area contributed by atoms with Gasteiger partial charge in [-0.3, -0.25) is 0 Å². The van der Waals surface area contributed by atoms with Crippen LogP contribution in [0.3, 0.4) is 0 Å². The highest BCUT2D eigenvalue weighted by atomic mass is 35.5. The molecule has 0 heterocycles. The number of hydrogen-bond acceptors (Lipinski definition) is 2. The van der Waals surface area contributed by atoms with Crippen LogP contribution >= 0.6 is 11.6 Å². The number of ether oxygens (including phenoxy) is 1. The van der Waals surface area contributed by atoms with Crippen molar-refractivity contribution in [3.63, 3.8) is 0 Å². The Kier molecular flexibility index (Phi) is 4.62. The molecular weight excluding hydrogens is 258 g/mol. The standard InChI is InChI=1S/C16H24ClNO/c1-10(2)12-8-7-11(3)9-15(12)19-14-6-4-5-13(17)16(14)18/h4-6,10-12,15H,7-9,18H2,1-3H3. The van der Waals surface area contributed by atoms with Gasteiger partial charge in [0.25, 0.3) is 0 Å². The van der Waals surface area contributed by atoms with Crippen molar-refractivity contribution in [3.05, 3.63) is 23.2 Å². The van der Waals surface area contributed by atoms with Crippen molar-refractivity contribution in [1.29, 1.82) is 0 Å². The minimum Gasteiger partial charge on any atom is -0.488 e. The van der Waals surface area contributed by atoms with E-state index < -0.39 is 0 Å². The highest BCUT2D eigenvalue weighted by Gasteiger charge is 2.32. The fourth-order valence-electron chi connectivity index (χ4n) is 3.03. The summed E-state index contributed by atoms with van der Waals surface area (Å²) in [5.74, 6) is 2.70. The molecule has 1 aromatic carbocycles. The predicted octanol–water partition coefficient (Wildman–Crippen LogP) is 4.76. The molecule has 1 aromatic rings. The lowest BCUT2D eigenvalue weighted by Gasteiger charge is -2.37. The molecule has 0 spiro atoms. The molecule has 19 heavy (non-hydrogen) atoms. The van der Waals surface area contributed by atoms with Gasteiger partial charge >= 0.3 is 0 Å². The first-order valence-corrected chi connectivity index (χ1v) is 7.57. The van der Waals surface area contributed by atoms with Gasteiger partial charge in [-0.2, -0.15) is 0 Å². The third-order valence-corrected chi connectivity index (χ3v) is 4.58. The maximum Gasteiger partial charge on any atom is 0.144 e. The van der Waals surface area contributed by atoms with Crippen molar-refractivity contribution >= 4 is 17.3 Å². The summed E-state index contributed by atoms with van der Waals surface area (Å²) >= 11 is 6.05. The van der Waals surface area contributed by atoms with Crippen molar-refractivity contribution in [3.8, 4) is 5.75 Å². The zero-order valence-corrected chi connectivity index (χ0v) is 12.8. The van der Waals surface area contributed by atoms with Crippen LogP contribution in [0.15, 0.2) is 18.2 Å². The van der Waals surface area contributed by atoms with Gasteiger partial charge in [-0.05, 0) is 42.7 Å². The molecule has 0 bridgehead atoms. The summed E-state index contributed by atoms with van der Waals surface area (Å²) < 4.78 is 6.20. The van der Waals surface area contributed by atoms with E-state index in [0.29, 0.717) is 22.5 Å². The zero-order valence-electron chi connectivity index (χ0n) is 12.0. The van der Waals surface area contributed by atoms with Crippen LogP contribution in [-0.2, 0) is 0 Å². The SMILES string of the molecule is CC1CCC(C(C)C)C(Oc2cccc(Cl)c2N)C1. The molecule has 2 rings (SSSR count). The van der Waals surface area contributed by atoms with Crippen molar-refractivity contribution in [2.45, 2.75) is 46.1 Å². The van der Waals surface area contributed by atoms with Crippen LogP contribution in [-0.4, -0.2) is 6.10 Å². The molecule has 3 heteroatoms. The molecule has 3 unspecified atom stereocenters. The van der Waals surface area contributed by atoms with Gasteiger partial charge in [0.15, 0.2) is 0 Å². The molecule has 0 aliphatic heterocycles. The monoisotopic (exact) mass is 281 g/mol. The Morgan fingerprint density at radius 3 is 2.74 bits per heavy atom. The predicted molar refractivity (Wildman–Crippen MR) is 81.6 cm³/mol. The van der Waals surface area contributed by atoms with Crippen LogP contribution in [0.2, 0.25) is 5.02 Å². The smallest absolute Gasteiger partial charge is 0.144 e. The number of rotatable bonds is 3. The van der Waals surface area contributed by atoms with Gasteiger partial charge in [0.1, 0.15) is 11.9 Å². The summed E-state index contributed by atoms with van der Waals surface area (Å²) in [6.07, 6.45) is 3.90. The fraction of sp³-hybridized carbons (Fsp3) is 0.625. The molecule has 1 fully saturated rings. The maximum absolute atomic E-state index is 6.20. The van der Waals surface area contributed by atoms with Crippen LogP contribution in [0.4, 0.5) is 5.69 Å². The largest absolute Gasteiger partial charge is 0.488 e. The van der Waals surface area contributed by atoms with Crippen LogP contribution in [0.1, 0.15) is 40.0 Å². The summed E-state index contributed by atoms with van der Waals surface area (Å²) in [5.41, 5.74) is 6.56.